The molecule has 1 spiro atoms. The first kappa shape index (κ1) is 27.0. The third kappa shape index (κ3) is 5.17. The van der Waals surface area contributed by atoms with Crippen LogP contribution in [0.2, 0.25) is 0 Å². The predicted molar refractivity (Wildman–Crippen MR) is 157 cm³/mol. The highest BCUT2D eigenvalue weighted by Crippen LogP contribution is 2.57. The molecule has 1 saturated heterocycles. The molecule has 0 radical (unpaired) electrons. The summed E-state index contributed by atoms with van der Waals surface area (Å²) >= 11 is 0. The van der Waals surface area contributed by atoms with Gasteiger partial charge in [0.05, 0.1) is 5.52 Å². The molecule has 1 saturated carbocycles. The first-order valence-electron chi connectivity index (χ1n) is 14.8. The van der Waals surface area contributed by atoms with Crippen molar-refractivity contribution in [3.8, 4) is 0 Å². The van der Waals surface area contributed by atoms with Gasteiger partial charge in [0.1, 0.15) is 5.60 Å². The van der Waals surface area contributed by atoms with E-state index in [4.69, 9.17) is 4.74 Å². The average molecular weight is 515 g/mol. The second-order valence-corrected chi connectivity index (χ2v) is 13.0. The smallest absolute Gasteiger partial charge is 0.418 e. The van der Waals surface area contributed by atoms with Crippen molar-refractivity contribution in [3.63, 3.8) is 0 Å². The SMILES string of the molecule is CCCCc1ccc(C2N(Cc3c(C)cc(C)c4c3ccn4C(=O)OC(C)(C)C)CC23CCCCC3)cc1. The van der Waals surface area contributed by atoms with Crippen LogP contribution in [0.4, 0.5) is 4.79 Å². The molecule has 1 aliphatic heterocycles. The van der Waals surface area contributed by atoms with Crippen molar-refractivity contribution >= 4 is 17.0 Å². The molecule has 204 valence electrons. The van der Waals surface area contributed by atoms with Gasteiger partial charge in [0.15, 0.2) is 0 Å². The van der Waals surface area contributed by atoms with E-state index in [1.165, 1.54) is 79.0 Å². The Labute approximate surface area is 229 Å². The van der Waals surface area contributed by atoms with Crippen LogP contribution < -0.4 is 0 Å². The van der Waals surface area contributed by atoms with Crippen LogP contribution in [0.1, 0.15) is 106 Å². The van der Waals surface area contributed by atoms with Crippen LogP contribution in [0.25, 0.3) is 10.9 Å². The summed E-state index contributed by atoms with van der Waals surface area (Å²) in [5.41, 5.74) is 7.54. The summed E-state index contributed by atoms with van der Waals surface area (Å²) in [6.45, 7) is 14.4. The largest absolute Gasteiger partial charge is 0.443 e. The number of unbranched alkanes of at least 4 members (excludes halogenated alkanes) is 1. The van der Waals surface area contributed by atoms with Gasteiger partial charge in [-0.1, -0.05) is 62.9 Å². The molecule has 38 heavy (non-hydrogen) atoms. The first-order chi connectivity index (χ1) is 18.1. The second kappa shape index (κ2) is 10.5. The van der Waals surface area contributed by atoms with E-state index < -0.39 is 5.60 Å². The molecule has 0 amide bonds. The molecular formula is C34H46N2O2. The fourth-order valence-electron chi connectivity index (χ4n) is 7.15. The van der Waals surface area contributed by atoms with Crippen LogP contribution >= 0.6 is 0 Å². The number of aryl methyl sites for hydroxylation is 3. The number of carbonyl (C=O) groups excluding carboxylic acids is 1. The number of ether oxygens (including phenoxy) is 1. The minimum Gasteiger partial charge on any atom is -0.443 e. The highest BCUT2D eigenvalue weighted by molar-refractivity contribution is 5.94. The van der Waals surface area contributed by atoms with Gasteiger partial charge in [0.2, 0.25) is 0 Å². The Morgan fingerprint density at radius 2 is 1.74 bits per heavy atom. The zero-order valence-corrected chi connectivity index (χ0v) is 24.4. The standard InChI is InChI=1S/C34H46N2O2/c1-7-8-12-26-13-15-27(16-14-26)31-34(18-10-9-11-19-34)23-35(31)22-29-24(2)21-25(3)30-28(29)17-20-36(30)32(37)38-33(4,5)6/h13-17,20-21,31H,7-12,18-19,22-23H2,1-6H3. The minimum atomic E-state index is -0.527. The monoisotopic (exact) mass is 514 g/mol. The molecule has 3 aromatic rings. The zero-order chi connectivity index (χ0) is 27.1. The fourth-order valence-corrected chi connectivity index (χ4v) is 7.15. The van der Waals surface area contributed by atoms with Gasteiger partial charge in [0.25, 0.3) is 0 Å². The lowest BCUT2D eigenvalue weighted by Crippen LogP contribution is -2.58. The van der Waals surface area contributed by atoms with E-state index >= 15 is 0 Å². The van der Waals surface area contributed by atoms with Crippen molar-refractivity contribution in [3.05, 3.63) is 70.4 Å². The Morgan fingerprint density at radius 3 is 2.39 bits per heavy atom. The lowest BCUT2D eigenvalue weighted by atomic mass is 9.60. The third-order valence-electron chi connectivity index (χ3n) is 8.87. The molecule has 2 fully saturated rings. The van der Waals surface area contributed by atoms with Gasteiger partial charge in [-0.15, -0.1) is 0 Å². The minimum absolute atomic E-state index is 0.309. The maximum atomic E-state index is 13.0. The van der Waals surface area contributed by atoms with E-state index in [0.29, 0.717) is 11.5 Å². The summed E-state index contributed by atoms with van der Waals surface area (Å²) in [6, 6.07) is 14.4. The first-order valence-corrected chi connectivity index (χ1v) is 14.8. The van der Waals surface area contributed by atoms with Crippen molar-refractivity contribution in [1.29, 1.82) is 0 Å². The molecule has 0 N–H and O–H groups in total. The molecule has 1 aromatic heterocycles. The summed E-state index contributed by atoms with van der Waals surface area (Å²) in [5.74, 6) is 0. The maximum absolute atomic E-state index is 13.0. The number of nitrogens with zero attached hydrogens (tertiary/aromatic N) is 2. The van der Waals surface area contributed by atoms with E-state index in [1.54, 1.807) is 4.57 Å². The molecule has 2 aliphatic rings. The van der Waals surface area contributed by atoms with Gasteiger partial charge in [-0.3, -0.25) is 9.47 Å². The number of hydrogen-bond acceptors (Lipinski definition) is 3. The maximum Gasteiger partial charge on any atom is 0.418 e. The molecule has 2 heterocycles. The van der Waals surface area contributed by atoms with Crippen molar-refractivity contribution in [2.24, 2.45) is 5.41 Å². The quantitative estimate of drug-likeness (QED) is 0.329. The number of benzene rings is 2. The lowest BCUT2D eigenvalue weighted by molar-refractivity contribution is -0.106. The van der Waals surface area contributed by atoms with Gasteiger partial charge < -0.3 is 4.74 Å². The summed E-state index contributed by atoms with van der Waals surface area (Å²) < 4.78 is 7.43. The number of hydrogen-bond donors (Lipinski definition) is 0. The van der Waals surface area contributed by atoms with E-state index in [-0.39, 0.29) is 6.09 Å². The Morgan fingerprint density at radius 1 is 1.03 bits per heavy atom. The summed E-state index contributed by atoms with van der Waals surface area (Å²) in [7, 11) is 0. The van der Waals surface area contributed by atoms with Gasteiger partial charge in [-0.05, 0) is 94.2 Å². The summed E-state index contributed by atoms with van der Waals surface area (Å²) in [4.78, 5) is 15.7. The molecule has 4 nitrogen and oxygen atoms in total. The highest BCUT2D eigenvalue weighted by Gasteiger charge is 2.52. The Bertz CT molecular complexity index is 1290. The highest BCUT2D eigenvalue weighted by atomic mass is 16.6. The lowest BCUT2D eigenvalue weighted by Gasteiger charge is -2.60. The molecule has 2 aromatic carbocycles. The van der Waals surface area contributed by atoms with Crippen LogP contribution in [0.15, 0.2) is 42.6 Å². The molecule has 4 heteroatoms. The van der Waals surface area contributed by atoms with Gasteiger partial charge in [-0.25, -0.2) is 4.79 Å². The number of fused-ring (bicyclic) bond motifs is 1. The Hall–Kier alpha value is -2.59. The topological polar surface area (TPSA) is 34.5 Å². The van der Waals surface area contributed by atoms with Gasteiger partial charge in [-0.2, -0.15) is 0 Å². The fraction of sp³-hybridized carbons (Fsp3) is 0.559. The van der Waals surface area contributed by atoms with Crippen LogP contribution in [-0.4, -0.2) is 27.7 Å². The van der Waals surface area contributed by atoms with Crippen LogP contribution in [-0.2, 0) is 17.7 Å². The molecule has 1 aliphatic carbocycles. The predicted octanol–water partition coefficient (Wildman–Crippen LogP) is 8.89. The number of carbonyl (C=O) groups is 1. The third-order valence-corrected chi connectivity index (χ3v) is 8.87. The summed E-state index contributed by atoms with van der Waals surface area (Å²) in [6.07, 6.45) is 12.0. The average Bonchev–Trinajstić information content (AvgIpc) is 3.31. The molecule has 5 rings (SSSR count). The van der Waals surface area contributed by atoms with E-state index in [2.05, 4.69) is 62.1 Å². The van der Waals surface area contributed by atoms with Crippen LogP contribution in [0.5, 0.6) is 0 Å². The van der Waals surface area contributed by atoms with E-state index in [9.17, 15) is 4.79 Å². The van der Waals surface area contributed by atoms with Crippen molar-refractivity contribution < 1.29 is 9.53 Å². The normalized spacial score (nSPS) is 19.6. The molecule has 0 bridgehead atoms. The zero-order valence-electron chi connectivity index (χ0n) is 24.4. The Balaban J connectivity index is 1.47. The summed E-state index contributed by atoms with van der Waals surface area (Å²) in [5, 5.41) is 1.17. The molecule has 1 atom stereocenters. The Kier molecular flexibility index (Phi) is 7.48. The van der Waals surface area contributed by atoms with Gasteiger partial charge in [0, 0.05) is 36.1 Å². The molecule has 1 unspecified atom stereocenters. The van der Waals surface area contributed by atoms with E-state index in [0.717, 1.165) is 24.2 Å². The van der Waals surface area contributed by atoms with Crippen molar-refractivity contribution in [2.75, 3.05) is 6.54 Å². The number of likely N-dealkylation sites (tertiary alicyclic amines) is 1. The van der Waals surface area contributed by atoms with Crippen LogP contribution in [0, 0.1) is 19.3 Å². The number of aromatic nitrogens is 1. The number of rotatable bonds is 6. The van der Waals surface area contributed by atoms with Crippen molar-refractivity contribution in [1.82, 2.24) is 9.47 Å². The molecular weight excluding hydrogens is 468 g/mol. The van der Waals surface area contributed by atoms with Crippen LogP contribution in [0.3, 0.4) is 0 Å². The van der Waals surface area contributed by atoms with Gasteiger partial charge >= 0.3 is 6.09 Å². The van der Waals surface area contributed by atoms with E-state index in [1.807, 2.05) is 27.0 Å². The van der Waals surface area contributed by atoms with Crippen molar-refractivity contribution in [2.45, 2.75) is 111 Å². The second-order valence-electron chi connectivity index (χ2n) is 13.0.